The molecule has 3 heterocycles. The number of nitrogens with zero attached hydrogens (tertiary/aromatic N) is 3. The minimum Gasteiger partial charge on any atom is -0.393 e. The number of aliphatic hydroxyl groups is 1. The van der Waals surface area contributed by atoms with E-state index in [1.165, 1.54) is 5.56 Å². The molecule has 2 atom stereocenters. The summed E-state index contributed by atoms with van der Waals surface area (Å²) in [7, 11) is 0. The zero-order valence-corrected chi connectivity index (χ0v) is 17.8. The van der Waals surface area contributed by atoms with E-state index in [4.69, 9.17) is 14.0 Å². The molecule has 1 N–H and O–H groups in total. The van der Waals surface area contributed by atoms with Gasteiger partial charge in [-0.3, -0.25) is 0 Å². The van der Waals surface area contributed by atoms with Crippen molar-refractivity contribution in [3.05, 3.63) is 59.8 Å². The topological polar surface area (TPSA) is 82.5 Å². The van der Waals surface area contributed by atoms with Crippen molar-refractivity contribution in [2.75, 3.05) is 6.61 Å². The van der Waals surface area contributed by atoms with Gasteiger partial charge in [0.05, 0.1) is 12.6 Å². The summed E-state index contributed by atoms with van der Waals surface area (Å²) in [5.74, 6) is 2.07. The van der Waals surface area contributed by atoms with Crippen molar-refractivity contribution in [1.82, 2.24) is 14.7 Å². The van der Waals surface area contributed by atoms with E-state index in [0.29, 0.717) is 12.5 Å². The van der Waals surface area contributed by atoms with Crippen LogP contribution in [0.1, 0.15) is 68.1 Å². The highest BCUT2D eigenvalue weighted by Gasteiger charge is 2.28. The Morgan fingerprint density at radius 1 is 1.23 bits per heavy atom. The largest absolute Gasteiger partial charge is 0.393 e. The van der Waals surface area contributed by atoms with Crippen LogP contribution < -0.4 is 0 Å². The van der Waals surface area contributed by atoms with Crippen LogP contribution in [0.4, 0.5) is 0 Å². The van der Waals surface area contributed by atoms with Gasteiger partial charge in [0.15, 0.2) is 12.1 Å². The molecule has 1 aromatic carbocycles. The van der Waals surface area contributed by atoms with Gasteiger partial charge in [-0.05, 0) is 50.5 Å². The van der Waals surface area contributed by atoms with Gasteiger partial charge in [0.25, 0.3) is 0 Å². The van der Waals surface area contributed by atoms with Crippen molar-refractivity contribution in [1.29, 1.82) is 0 Å². The molecule has 7 nitrogen and oxygen atoms in total. The van der Waals surface area contributed by atoms with E-state index >= 15 is 0 Å². The SMILES string of the molecule is C[C@H](OC1CCCCO1)c1nccn1Cc1cc(-c2ccc([C@H]3C[C@@H](O)C3)cc2)on1. The van der Waals surface area contributed by atoms with E-state index in [2.05, 4.69) is 34.4 Å². The van der Waals surface area contributed by atoms with E-state index in [-0.39, 0.29) is 18.5 Å². The van der Waals surface area contributed by atoms with E-state index in [1.54, 1.807) is 6.20 Å². The first-order valence-electron chi connectivity index (χ1n) is 11.2. The average molecular weight is 424 g/mol. The Morgan fingerprint density at radius 3 is 2.81 bits per heavy atom. The zero-order chi connectivity index (χ0) is 21.2. The van der Waals surface area contributed by atoms with Crippen molar-refractivity contribution < 1.29 is 19.1 Å². The van der Waals surface area contributed by atoms with Gasteiger partial charge in [-0.1, -0.05) is 29.4 Å². The molecule has 1 saturated carbocycles. The second-order valence-corrected chi connectivity index (χ2v) is 8.61. The summed E-state index contributed by atoms with van der Waals surface area (Å²) < 4.78 is 19.4. The highest BCUT2D eigenvalue weighted by molar-refractivity contribution is 5.58. The van der Waals surface area contributed by atoms with Crippen LogP contribution in [0.2, 0.25) is 0 Å². The number of hydrogen-bond donors (Lipinski definition) is 1. The summed E-state index contributed by atoms with van der Waals surface area (Å²) in [6, 6.07) is 10.3. The Morgan fingerprint density at radius 2 is 2.06 bits per heavy atom. The molecule has 164 valence electrons. The first-order valence-corrected chi connectivity index (χ1v) is 11.2. The fourth-order valence-electron chi connectivity index (χ4n) is 4.40. The average Bonchev–Trinajstić information content (AvgIpc) is 3.42. The highest BCUT2D eigenvalue weighted by atomic mass is 16.7. The second-order valence-electron chi connectivity index (χ2n) is 8.61. The summed E-state index contributed by atoms with van der Waals surface area (Å²) >= 11 is 0. The molecule has 31 heavy (non-hydrogen) atoms. The van der Waals surface area contributed by atoms with Gasteiger partial charge in [0.2, 0.25) is 0 Å². The van der Waals surface area contributed by atoms with Crippen molar-refractivity contribution in [2.45, 2.75) is 70.0 Å². The van der Waals surface area contributed by atoms with E-state index in [0.717, 1.165) is 61.6 Å². The molecule has 0 amide bonds. The van der Waals surface area contributed by atoms with E-state index in [1.807, 2.05) is 23.8 Å². The Bertz CT molecular complexity index is 984. The van der Waals surface area contributed by atoms with Crippen LogP contribution in [-0.2, 0) is 16.0 Å². The lowest BCUT2D eigenvalue weighted by atomic mass is 9.77. The third kappa shape index (κ3) is 4.59. The van der Waals surface area contributed by atoms with Gasteiger partial charge in [0.1, 0.15) is 17.6 Å². The molecule has 1 aliphatic heterocycles. The van der Waals surface area contributed by atoms with Crippen LogP contribution in [0.5, 0.6) is 0 Å². The van der Waals surface area contributed by atoms with Crippen LogP contribution in [0, 0.1) is 0 Å². The lowest BCUT2D eigenvalue weighted by molar-refractivity contribution is -0.188. The molecule has 2 fully saturated rings. The minimum atomic E-state index is -0.165. The van der Waals surface area contributed by atoms with Crippen LogP contribution in [0.25, 0.3) is 11.3 Å². The van der Waals surface area contributed by atoms with Gasteiger partial charge >= 0.3 is 0 Å². The first-order chi connectivity index (χ1) is 15.2. The third-order valence-corrected chi connectivity index (χ3v) is 6.28. The zero-order valence-electron chi connectivity index (χ0n) is 17.8. The quantitative estimate of drug-likeness (QED) is 0.605. The summed E-state index contributed by atoms with van der Waals surface area (Å²) in [5, 5.41) is 13.8. The number of ether oxygens (including phenoxy) is 2. The Balaban J connectivity index is 1.23. The van der Waals surface area contributed by atoms with Crippen LogP contribution in [0.15, 0.2) is 47.2 Å². The summed E-state index contributed by atoms with van der Waals surface area (Å²) in [4.78, 5) is 4.49. The number of aromatic nitrogens is 3. The van der Waals surface area contributed by atoms with Crippen molar-refractivity contribution >= 4 is 0 Å². The molecule has 0 radical (unpaired) electrons. The predicted molar refractivity (Wildman–Crippen MR) is 114 cm³/mol. The normalized spacial score (nSPS) is 24.6. The number of imidazole rings is 1. The summed E-state index contributed by atoms with van der Waals surface area (Å²) in [6.45, 7) is 3.33. The molecule has 2 aromatic heterocycles. The standard InChI is InChI=1S/C24H29N3O4/c1-16(30-23-4-2-3-11-29-23)24-25-9-10-27(24)15-20-14-22(31-26-20)18-7-5-17(6-8-18)19-12-21(28)13-19/h5-10,14,16,19,21,23,28H,2-4,11-13,15H2,1H3/t16-,19-,21+,23?/m0/s1. The molecular weight excluding hydrogens is 394 g/mol. The van der Waals surface area contributed by atoms with Crippen molar-refractivity contribution in [2.24, 2.45) is 0 Å². The van der Waals surface area contributed by atoms with Gasteiger partial charge in [-0.15, -0.1) is 0 Å². The predicted octanol–water partition coefficient (Wildman–Crippen LogP) is 4.43. The lowest BCUT2D eigenvalue weighted by Crippen LogP contribution is -2.26. The maximum atomic E-state index is 9.51. The maximum Gasteiger partial charge on any atom is 0.167 e. The lowest BCUT2D eigenvalue weighted by Gasteiger charge is -2.31. The van der Waals surface area contributed by atoms with Crippen molar-refractivity contribution in [3.63, 3.8) is 0 Å². The van der Waals surface area contributed by atoms with E-state index < -0.39 is 0 Å². The molecule has 1 aliphatic carbocycles. The number of hydrogen-bond acceptors (Lipinski definition) is 6. The molecule has 1 saturated heterocycles. The maximum absolute atomic E-state index is 9.51. The molecule has 2 aliphatic rings. The van der Waals surface area contributed by atoms with Crippen LogP contribution >= 0.6 is 0 Å². The molecular formula is C24H29N3O4. The Hall–Kier alpha value is -2.48. The second kappa shape index (κ2) is 8.94. The van der Waals surface area contributed by atoms with Gasteiger partial charge in [-0.25, -0.2) is 4.98 Å². The molecule has 1 unspecified atom stereocenters. The first kappa shape index (κ1) is 20.4. The third-order valence-electron chi connectivity index (χ3n) is 6.28. The van der Waals surface area contributed by atoms with Gasteiger partial charge in [0, 0.05) is 30.6 Å². The highest BCUT2D eigenvalue weighted by Crippen LogP contribution is 2.37. The molecule has 3 aromatic rings. The Labute approximate surface area is 182 Å². The monoisotopic (exact) mass is 423 g/mol. The summed E-state index contributed by atoms with van der Waals surface area (Å²) in [5.41, 5.74) is 3.11. The van der Waals surface area contributed by atoms with Gasteiger partial charge in [-0.2, -0.15) is 0 Å². The number of benzene rings is 1. The van der Waals surface area contributed by atoms with E-state index in [9.17, 15) is 5.11 Å². The molecule has 5 rings (SSSR count). The number of rotatable bonds is 7. The minimum absolute atomic E-state index is 0.141. The van der Waals surface area contributed by atoms with Crippen molar-refractivity contribution in [3.8, 4) is 11.3 Å². The smallest absolute Gasteiger partial charge is 0.167 e. The fourth-order valence-corrected chi connectivity index (χ4v) is 4.40. The molecule has 0 spiro atoms. The Kier molecular flexibility index (Phi) is 5.89. The van der Waals surface area contributed by atoms with Crippen LogP contribution in [-0.4, -0.2) is 38.8 Å². The summed E-state index contributed by atoms with van der Waals surface area (Å²) in [6.07, 6.45) is 8.14. The number of aliphatic hydroxyl groups excluding tert-OH is 1. The van der Waals surface area contributed by atoms with Crippen LogP contribution in [0.3, 0.4) is 0 Å². The molecule has 0 bridgehead atoms. The van der Waals surface area contributed by atoms with Gasteiger partial charge < -0.3 is 23.7 Å². The fraction of sp³-hybridized carbons (Fsp3) is 0.500. The molecule has 7 heteroatoms.